The van der Waals surface area contributed by atoms with Gasteiger partial charge in [0.1, 0.15) is 0 Å². The predicted molar refractivity (Wildman–Crippen MR) is 94.9 cm³/mol. The van der Waals surface area contributed by atoms with Gasteiger partial charge in [0.05, 0.1) is 22.3 Å². The normalized spacial score (nSPS) is 10.9. The van der Waals surface area contributed by atoms with Gasteiger partial charge in [-0.25, -0.2) is 4.98 Å². The van der Waals surface area contributed by atoms with Crippen LogP contribution < -0.4 is 5.32 Å². The van der Waals surface area contributed by atoms with Crippen LogP contribution in [0.1, 0.15) is 16.1 Å². The Morgan fingerprint density at radius 3 is 2.74 bits per heavy atom. The average Bonchev–Trinajstić information content (AvgIpc) is 2.87. The number of fused-ring (bicyclic) bond motifs is 1. The van der Waals surface area contributed by atoms with Crippen LogP contribution in [0, 0.1) is 6.92 Å². The van der Waals surface area contributed by atoms with Gasteiger partial charge in [0.25, 0.3) is 5.91 Å². The molecule has 2 heterocycles. The van der Waals surface area contributed by atoms with Crippen molar-refractivity contribution >= 4 is 29.6 Å². The van der Waals surface area contributed by atoms with Crippen molar-refractivity contribution in [3.63, 3.8) is 0 Å². The number of hydrogen-bond donors (Lipinski definition) is 2. The molecule has 0 aliphatic carbocycles. The Morgan fingerprint density at radius 2 is 2.04 bits per heavy atom. The molecule has 0 spiro atoms. The minimum Gasteiger partial charge on any atom is -0.351 e. The largest absolute Gasteiger partial charge is 0.351 e. The van der Waals surface area contributed by atoms with Crippen LogP contribution in [-0.2, 0) is 7.05 Å². The number of thiol groups is 1. The molecule has 3 aromatic rings. The number of aromatic nitrogens is 3. The Hall–Kier alpha value is -2.34. The SMILES string of the molecule is Cc1nn(C)c2nc(-c3ccccc3)cc(C(=O)NCCS)c12. The predicted octanol–water partition coefficient (Wildman–Crippen LogP) is 2.60. The number of carbonyl (C=O) groups excluding carboxylic acids is 1. The summed E-state index contributed by atoms with van der Waals surface area (Å²) in [6.45, 7) is 2.41. The highest BCUT2D eigenvalue weighted by Gasteiger charge is 2.18. The van der Waals surface area contributed by atoms with Crippen LogP contribution in [0.5, 0.6) is 0 Å². The van der Waals surface area contributed by atoms with Crippen molar-refractivity contribution in [1.29, 1.82) is 0 Å². The Morgan fingerprint density at radius 1 is 1.30 bits per heavy atom. The molecule has 1 N–H and O–H groups in total. The third kappa shape index (κ3) is 2.94. The first-order valence-electron chi connectivity index (χ1n) is 7.40. The van der Waals surface area contributed by atoms with E-state index in [2.05, 4.69) is 23.0 Å². The van der Waals surface area contributed by atoms with E-state index in [4.69, 9.17) is 4.98 Å². The topological polar surface area (TPSA) is 59.8 Å². The quantitative estimate of drug-likeness (QED) is 0.725. The molecule has 0 atom stereocenters. The van der Waals surface area contributed by atoms with Gasteiger partial charge < -0.3 is 5.32 Å². The van der Waals surface area contributed by atoms with Gasteiger partial charge in [0, 0.05) is 24.9 Å². The first-order chi connectivity index (χ1) is 11.1. The molecule has 0 saturated heterocycles. The lowest BCUT2D eigenvalue weighted by Crippen LogP contribution is -2.25. The third-order valence-electron chi connectivity index (χ3n) is 3.68. The monoisotopic (exact) mass is 326 g/mol. The van der Waals surface area contributed by atoms with E-state index in [1.807, 2.05) is 50.4 Å². The first-order valence-corrected chi connectivity index (χ1v) is 8.04. The molecular weight excluding hydrogens is 308 g/mol. The smallest absolute Gasteiger partial charge is 0.252 e. The minimum absolute atomic E-state index is 0.125. The number of nitrogens with one attached hydrogen (secondary N) is 1. The van der Waals surface area contributed by atoms with Crippen LogP contribution in [0.2, 0.25) is 0 Å². The summed E-state index contributed by atoms with van der Waals surface area (Å²) in [4.78, 5) is 17.2. The molecule has 3 rings (SSSR count). The highest BCUT2D eigenvalue weighted by atomic mass is 32.1. The van der Waals surface area contributed by atoms with Crippen LogP contribution in [-0.4, -0.2) is 33.0 Å². The number of hydrogen-bond acceptors (Lipinski definition) is 4. The van der Waals surface area contributed by atoms with E-state index in [9.17, 15) is 4.79 Å². The van der Waals surface area contributed by atoms with E-state index in [0.717, 1.165) is 22.3 Å². The molecule has 1 amide bonds. The summed E-state index contributed by atoms with van der Waals surface area (Å²) in [5.41, 5.74) is 3.83. The Labute approximate surface area is 140 Å². The Bertz CT molecular complexity index is 858. The fourth-order valence-electron chi connectivity index (χ4n) is 2.65. The zero-order valence-electron chi connectivity index (χ0n) is 13.1. The second-order valence-corrected chi connectivity index (χ2v) is 5.76. The van der Waals surface area contributed by atoms with E-state index in [-0.39, 0.29) is 5.91 Å². The van der Waals surface area contributed by atoms with Crippen molar-refractivity contribution in [3.8, 4) is 11.3 Å². The lowest BCUT2D eigenvalue weighted by atomic mass is 10.0. The number of benzene rings is 1. The number of aryl methyl sites for hydroxylation is 2. The van der Waals surface area contributed by atoms with Gasteiger partial charge in [-0.15, -0.1) is 0 Å². The summed E-state index contributed by atoms with van der Waals surface area (Å²) in [6, 6.07) is 11.7. The molecule has 5 nitrogen and oxygen atoms in total. The summed E-state index contributed by atoms with van der Waals surface area (Å²) in [7, 11) is 1.84. The first kappa shape index (κ1) is 15.6. The second-order valence-electron chi connectivity index (χ2n) is 5.31. The second kappa shape index (κ2) is 6.42. The van der Waals surface area contributed by atoms with Crippen molar-refractivity contribution in [1.82, 2.24) is 20.1 Å². The lowest BCUT2D eigenvalue weighted by molar-refractivity contribution is 0.0958. The number of pyridine rings is 1. The van der Waals surface area contributed by atoms with Crippen LogP contribution in [0.4, 0.5) is 0 Å². The molecule has 118 valence electrons. The van der Waals surface area contributed by atoms with Crippen molar-refractivity contribution in [2.75, 3.05) is 12.3 Å². The maximum absolute atomic E-state index is 12.6. The van der Waals surface area contributed by atoms with E-state index in [1.165, 1.54) is 0 Å². The lowest BCUT2D eigenvalue weighted by Gasteiger charge is -2.08. The summed E-state index contributed by atoms with van der Waals surface area (Å²) in [5, 5.41) is 8.08. The molecule has 0 fully saturated rings. The van der Waals surface area contributed by atoms with Gasteiger partial charge in [-0.1, -0.05) is 30.3 Å². The maximum Gasteiger partial charge on any atom is 0.252 e. The fraction of sp³-hybridized carbons (Fsp3) is 0.235. The van der Waals surface area contributed by atoms with E-state index < -0.39 is 0 Å². The van der Waals surface area contributed by atoms with Crippen molar-refractivity contribution in [3.05, 3.63) is 47.7 Å². The average molecular weight is 326 g/mol. The number of amides is 1. The van der Waals surface area contributed by atoms with E-state index in [1.54, 1.807) is 4.68 Å². The zero-order chi connectivity index (χ0) is 16.4. The molecule has 23 heavy (non-hydrogen) atoms. The molecule has 6 heteroatoms. The zero-order valence-corrected chi connectivity index (χ0v) is 14.0. The highest BCUT2D eigenvalue weighted by Crippen LogP contribution is 2.26. The molecule has 0 saturated carbocycles. The fourth-order valence-corrected chi connectivity index (χ4v) is 2.76. The highest BCUT2D eigenvalue weighted by molar-refractivity contribution is 7.80. The molecule has 0 aliphatic heterocycles. The Balaban J connectivity index is 2.21. The van der Waals surface area contributed by atoms with Crippen LogP contribution in [0.25, 0.3) is 22.3 Å². The standard InChI is InChI=1S/C17H18N4OS/c1-11-15-13(17(22)18-8-9-23)10-14(12-6-4-3-5-7-12)19-16(15)21(2)20-11/h3-7,10,23H,8-9H2,1-2H3,(H,18,22). The number of carbonyl (C=O) groups is 1. The summed E-state index contributed by atoms with van der Waals surface area (Å²) >= 11 is 4.14. The van der Waals surface area contributed by atoms with Gasteiger partial charge in [-0.2, -0.15) is 17.7 Å². The molecule has 1 aromatic carbocycles. The number of nitrogens with zero attached hydrogens (tertiary/aromatic N) is 3. The number of rotatable bonds is 4. The summed E-state index contributed by atoms with van der Waals surface area (Å²) in [5.74, 6) is 0.470. The molecule has 2 aromatic heterocycles. The van der Waals surface area contributed by atoms with Gasteiger partial charge in [-0.05, 0) is 13.0 Å². The molecule has 0 radical (unpaired) electrons. The molecular formula is C17H18N4OS. The minimum atomic E-state index is -0.125. The van der Waals surface area contributed by atoms with Crippen molar-refractivity contribution in [2.24, 2.45) is 7.05 Å². The van der Waals surface area contributed by atoms with Gasteiger partial charge in [0.2, 0.25) is 0 Å². The molecule has 0 bridgehead atoms. The summed E-state index contributed by atoms with van der Waals surface area (Å²) < 4.78 is 1.71. The molecule has 0 unspecified atom stereocenters. The van der Waals surface area contributed by atoms with Crippen LogP contribution in [0.15, 0.2) is 36.4 Å². The van der Waals surface area contributed by atoms with Crippen molar-refractivity contribution in [2.45, 2.75) is 6.92 Å². The van der Waals surface area contributed by atoms with Gasteiger partial charge >= 0.3 is 0 Å². The van der Waals surface area contributed by atoms with Crippen LogP contribution >= 0.6 is 12.6 Å². The van der Waals surface area contributed by atoms with E-state index >= 15 is 0 Å². The van der Waals surface area contributed by atoms with E-state index in [0.29, 0.717) is 23.5 Å². The van der Waals surface area contributed by atoms with Crippen molar-refractivity contribution < 1.29 is 4.79 Å². The third-order valence-corrected chi connectivity index (χ3v) is 3.90. The molecule has 0 aliphatic rings. The van der Waals surface area contributed by atoms with Gasteiger partial charge in [0.15, 0.2) is 5.65 Å². The summed E-state index contributed by atoms with van der Waals surface area (Å²) in [6.07, 6.45) is 0. The van der Waals surface area contributed by atoms with Gasteiger partial charge in [-0.3, -0.25) is 9.48 Å². The maximum atomic E-state index is 12.6. The van der Waals surface area contributed by atoms with Crippen LogP contribution in [0.3, 0.4) is 0 Å². The Kier molecular flexibility index (Phi) is 4.34.